The van der Waals surface area contributed by atoms with Crippen LogP contribution in [0.4, 0.5) is 10.5 Å². The molecule has 0 aromatic heterocycles. The Kier molecular flexibility index (Phi) is 12.9. The van der Waals surface area contributed by atoms with Crippen LogP contribution in [0.25, 0.3) is 0 Å². The molecule has 1 atom stereocenters. The van der Waals surface area contributed by atoms with E-state index in [1.165, 1.54) is 18.9 Å². The van der Waals surface area contributed by atoms with Crippen LogP contribution >= 0.6 is 7.60 Å². The number of rotatable bonds is 15. The van der Waals surface area contributed by atoms with Crippen LogP contribution in [0, 0.1) is 5.92 Å². The van der Waals surface area contributed by atoms with Crippen LogP contribution in [0.5, 0.6) is 0 Å². The molecule has 43 heavy (non-hydrogen) atoms. The maximum atomic E-state index is 14.1. The lowest BCUT2D eigenvalue weighted by Crippen LogP contribution is -2.50. The number of ether oxygens (including phenoxy) is 1. The third-order valence-electron chi connectivity index (χ3n) is 6.26. The number of nitrogens with zero attached hydrogens (tertiary/aromatic N) is 1. The van der Waals surface area contributed by atoms with Gasteiger partial charge in [-0.15, -0.1) is 0 Å². The Balaban J connectivity index is 1.79. The van der Waals surface area contributed by atoms with Crippen LogP contribution in [0.3, 0.4) is 0 Å². The molecule has 3 aromatic rings. The number of carbonyl (C=O) groups is 3. The van der Waals surface area contributed by atoms with Gasteiger partial charge >= 0.3 is 19.6 Å². The third-order valence-corrected chi connectivity index (χ3v) is 7.99. The molecule has 2 N–H and O–H groups in total. The predicted octanol–water partition coefficient (Wildman–Crippen LogP) is 5.98. The van der Waals surface area contributed by atoms with Crippen LogP contribution in [0.15, 0.2) is 84.9 Å². The summed E-state index contributed by atoms with van der Waals surface area (Å²) in [5.41, 5.74) is 2.96. The molecule has 3 rings (SSSR count). The quantitative estimate of drug-likeness (QED) is 0.161. The first-order valence-corrected chi connectivity index (χ1v) is 15.8. The Bertz CT molecular complexity index is 1320. The van der Waals surface area contributed by atoms with Crippen molar-refractivity contribution in [2.24, 2.45) is 5.92 Å². The molecular weight excluding hydrogens is 569 g/mol. The smallest absolute Gasteiger partial charge is 0.350 e. The third kappa shape index (κ3) is 11.7. The number of urea groups is 1. The zero-order valence-corrected chi connectivity index (χ0v) is 25.9. The number of anilines is 1. The molecule has 11 heteroatoms. The van der Waals surface area contributed by atoms with E-state index in [1.807, 2.05) is 74.5 Å². The SMILES string of the molecule is COC(=O)[C@H](Cc1ccc(NC(C)=O)cc1)NC(=O)N(CC(C)C)CP(=O)(OCc1ccccc1)OCc1ccccc1. The van der Waals surface area contributed by atoms with E-state index in [1.54, 1.807) is 24.3 Å². The largest absolute Gasteiger partial charge is 0.467 e. The van der Waals surface area contributed by atoms with Gasteiger partial charge in [-0.2, -0.15) is 0 Å². The maximum absolute atomic E-state index is 14.1. The Labute approximate surface area is 253 Å². The average molecular weight is 610 g/mol. The second-order valence-electron chi connectivity index (χ2n) is 10.5. The molecule has 0 unspecified atom stereocenters. The molecule has 3 aromatic carbocycles. The van der Waals surface area contributed by atoms with E-state index in [0.29, 0.717) is 5.69 Å². The standard InChI is InChI=1S/C32H40N3O7P/c1-24(2)20-35(32(38)34-30(31(37)40-4)19-26-15-17-29(18-16-26)33-25(3)36)23-43(39,41-21-27-11-7-5-8-12-27)42-22-28-13-9-6-10-14-28/h5-18,24,30H,19-23H2,1-4H3,(H,33,36)(H,34,38)/t30-/m0/s1. The van der Waals surface area contributed by atoms with Gasteiger partial charge in [0.05, 0.1) is 20.3 Å². The van der Waals surface area contributed by atoms with Crippen molar-refractivity contribution in [1.29, 1.82) is 0 Å². The van der Waals surface area contributed by atoms with Crippen LogP contribution in [-0.2, 0) is 47.6 Å². The van der Waals surface area contributed by atoms with Gasteiger partial charge in [-0.1, -0.05) is 86.6 Å². The van der Waals surface area contributed by atoms with E-state index in [0.717, 1.165) is 16.7 Å². The Morgan fingerprint density at radius 3 is 1.81 bits per heavy atom. The lowest BCUT2D eigenvalue weighted by atomic mass is 10.1. The lowest BCUT2D eigenvalue weighted by Gasteiger charge is -2.30. The number of hydrogen-bond acceptors (Lipinski definition) is 7. The van der Waals surface area contributed by atoms with Gasteiger partial charge in [0, 0.05) is 25.6 Å². The van der Waals surface area contributed by atoms with Gasteiger partial charge < -0.3 is 29.3 Å². The summed E-state index contributed by atoms with van der Waals surface area (Å²) in [6.07, 6.45) is -0.184. The minimum absolute atomic E-state index is 0.0142. The van der Waals surface area contributed by atoms with Gasteiger partial charge in [-0.05, 0) is 34.7 Å². The van der Waals surface area contributed by atoms with Gasteiger partial charge in [-0.25, -0.2) is 9.59 Å². The number of amides is 3. The average Bonchev–Trinajstić information content (AvgIpc) is 2.99. The van der Waals surface area contributed by atoms with Crippen molar-refractivity contribution in [3.63, 3.8) is 0 Å². The highest BCUT2D eigenvalue weighted by molar-refractivity contribution is 7.53. The molecule has 0 heterocycles. The molecule has 0 fully saturated rings. The molecule has 0 saturated carbocycles. The number of carbonyl (C=O) groups excluding carboxylic acids is 3. The number of benzene rings is 3. The van der Waals surface area contributed by atoms with Crippen molar-refractivity contribution in [3.05, 3.63) is 102 Å². The highest BCUT2D eigenvalue weighted by Crippen LogP contribution is 2.50. The molecular formula is C32H40N3O7P. The lowest BCUT2D eigenvalue weighted by molar-refractivity contribution is -0.142. The zero-order chi connectivity index (χ0) is 31.2. The topological polar surface area (TPSA) is 123 Å². The number of methoxy groups -OCH3 is 1. The number of hydrogen-bond donors (Lipinski definition) is 2. The van der Waals surface area contributed by atoms with Crippen LogP contribution in [-0.4, -0.2) is 48.8 Å². The van der Waals surface area contributed by atoms with E-state index in [4.69, 9.17) is 13.8 Å². The highest BCUT2D eigenvalue weighted by Gasteiger charge is 2.33. The summed E-state index contributed by atoms with van der Waals surface area (Å²) in [6, 6.07) is 23.9. The number of esters is 1. The first kappa shape index (κ1) is 33.5. The maximum Gasteiger partial charge on any atom is 0.350 e. The Hall–Kier alpha value is -3.98. The molecule has 0 aliphatic carbocycles. The minimum Gasteiger partial charge on any atom is -0.467 e. The Morgan fingerprint density at radius 2 is 1.35 bits per heavy atom. The molecule has 0 spiro atoms. The van der Waals surface area contributed by atoms with Gasteiger partial charge in [0.2, 0.25) is 5.91 Å². The van der Waals surface area contributed by atoms with Gasteiger partial charge in [0.25, 0.3) is 0 Å². The van der Waals surface area contributed by atoms with E-state index < -0.39 is 25.6 Å². The molecule has 10 nitrogen and oxygen atoms in total. The summed E-state index contributed by atoms with van der Waals surface area (Å²) in [4.78, 5) is 39.0. The molecule has 3 amide bonds. The molecule has 0 aliphatic heterocycles. The second kappa shape index (κ2) is 16.6. The molecule has 230 valence electrons. The van der Waals surface area contributed by atoms with Crippen molar-refractivity contribution in [1.82, 2.24) is 10.2 Å². The monoisotopic (exact) mass is 609 g/mol. The number of nitrogens with one attached hydrogen (secondary N) is 2. The first-order chi connectivity index (χ1) is 20.6. The summed E-state index contributed by atoms with van der Waals surface area (Å²) in [5, 5.41) is 5.44. The van der Waals surface area contributed by atoms with Gasteiger partial charge in [-0.3, -0.25) is 9.36 Å². The highest BCUT2D eigenvalue weighted by atomic mass is 31.2. The fourth-order valence-electron chi connectivity index (χ4n) is 4.21. The molecule has 0 aliphatic rings. The fraction of sp³-hybridized carbons (Fsp3) is 0.344. The van der Waals surface area contributed by atoms with Crippen LogP contribution in [0.2, 0.25) is 0 Å². The summed E-state index contributed by atoms with van der Waals surface area (Å²) in [6.45, 7) is 5.56. The van der Waals surface area contributed by atoms with Crippen molar-refractivity contribution >= 4 is 31.2 Å². The Morgan fingerprint density at radius 1 is 0.814 bits per heavy atom. The first-order valence-electron chi connectivity index (χ1n) is 14.0. The molecule has 0 bridgehead atoms. The second-order valence-corrected chi connectivity index (χ2v) is 12.5. The van der Waals surface area contributed by atoms with Crippen molar-refractivity contribution < 1.29 is 32.7 Å². The van der Waals surface area contributed by atoms with E-state index >= 15 is 0 Å². The summed E-state index contributed by atoms with van der Waals surface area (Å²) < 4.78 is 30.9. The fourth-order valence-corrected chi connectivity index (χ4v) is 5.80. The molecule has 0 radical (unpaired) electrons. The van der Waals surface area contributed by atoms with Crippen molar-refractivity contribution in [3.8, 4) is 0 Å². The van der Waals surface area contributed by atoms with Crippen molar-refractivity contribution in [2.45, 2.75) is 46.4 Å². The summed E-state index contributed by atoms with van der Waals surface area (Å²) >= 11 is 0. The van der Waals surface area contributed by atoms with E-state index in [9.17, 15) is 18.9 Å². The molecule has 0 saturated heterocycles. The van der Waals surface area contributed by atoms with E-state index in [-0.39, 0.29) is 44.3 Å². The normalized spacial score (nSPS) is 11.9. The van der Waals surface area contributed by atoms with Crippen LogP contribution < -0.4 is 10.6 Å². The van der Waals surface area contributed by atoms with Gasteiger partial charge in [0.1, 0.15) is 12.3 Å². The van der Waals surface area contributed by atoms with Crippen LogP contribution in [0.1, 0.15) is 37.5 Å². The zero-order valence-electron chi connectivity index (χ0n) is 25.0. The summed E-state index contributed by atoms with van der Waals surface area (Å²) in [7, 11) is -2.61. The van der Waals surface area contributed by atoms with E-state index in [2.05, 4.69) is 10.6 Å². The predicted molar refractivity (Wildman–Crippen MR) is 165 cm³/mol. The minimum atomic E-state index is -3.86. The van der Waals surface area contributed by atoms with Crippen molar-refractivity contribution in [2.75, 3.05) is 25.3 Å². The van der Waals surface area contributed by atoms with Gasteiger partial charge in [0.15, 0.2) is 0 Å². The summed E-state index contributed by atoms with van der Waals surface area (Å²) in [5.74, 6) is -0.816.